The Morgan fingerprint density at radius 2 is 1.83 bits per heavy atom. The van der Waals surface area contributed by atoms with Gasteiger partial charge in [0.25, 0.3) is 0 Å². The highest BCUT2D eigenvalue weighted by Gasteiger charge is 2.05. The van der Waals surface area contributed by atoms with Crippen LogP contribution in [0.25, 0.3) is 16.9 Å². The van der Waals surface area contributed by atoms with Crippen LogP contribution in [0.4, 0.5) is 0 Å². The Labute approximate surface area is 106 Å². The number of methoxy groups -OCH3 is 1. The molecule has 2 aromatic heterocycles. The van der Waals surface area contributed by atoms with E-state index in [4.69, 9.17) is 4.74 Å². The number of ether oxygens (including phenoxy) is 1. The summed E-state index contributed by atoms with van der Waals surface area (Å²) in [5.41, 5.74) is 4.41. The molecule has 0 amide bonds. The van der Waals surface area contributed by atoms with Gasteiger partial charge in [0, 0.05) is 11.8 Å². The summed E-state index contributed by atoms with van der Waals surface area (Å²) in [6.45, 7) is 2.08. The Bertz CT molecular complexity index is 683. The van der Waals surface area contributed by atoms with Gasteiger partial charge in [-0.3, -0.25) is 4.40 Å². The summed E-state index contributed by atoms with van der Waals surface area (Å²) in [5.74, 6) is 0.865. The van der Waals surface area contributed by atoms with Crippen LogP contribution < -0.4 is 4.74 Å². The van der Waals surface area contributed by atoms with Crippen LogP contribution in [0, 0.1) is 6.92 Å². The van der Waals surface area contributed by atoms with Gasteiger partial charge in [0.1, 0.15) is 11.4 Å². The Morgan fingerprint density at radius 1 is 1.06 bits per heavy atom. The molecule has 0 radical (unpaired) electrons. The third kappa shape index (κ3) is 1.74. The molecular formula is C15H14N2O. The van der Waals surface area contributed by atoms with E-state index in [1.54, 1.807) is 7.11 Å². The lowest BCUT2D eigenvalue weighted by molar-refractivity contribution is 0.415. The summed E-state index contributed by atoms with van der Waals surface area (Å²) >= 11 is 0. The van der Waals surface area contributed by atoms with Gasteiger partial charge in [0.05, 0.1) is 19.0 Å². The molecule has 1 aromatic carbocycles. The minimum absolute atomic E-state index is 0.865. The monoisotopic (exact) mass is 238 g/mol. The van der Waals surface area contributed by atoms with Gasteiger partial charge in [0.2, 0.25) is 0 Å². The van der Waals surface area contributed by atoms with Crippen LogP contribution in [0.2, 0.25) is 0 Å². The van der Waals surface area contributed by atoms with Crippen molar-refractivity contribution < 1.29 is 4.74 Å². The molecule has 3 nitrogen and oxygen atoms in total. The van der Waals surface area contributed by atoms with E-state index in [0.717, 1.165) is 22.7 Å². The maximum Gasteiger partial charge on any atom is 0.137 e. The van der Waals surface area contributed by atoms with E-state index in [9.17, 15) is 0 Å². The number of benzene rings is 1. The van der Waals surface area contributed by atoms with Crippen LogP contribution in [0.3, 0.4) is 0 Å². The highest BCUT2D eigenvalue weighted by molar-refractivity contribution is 5.64. The Morgan fingerprint density at radius 3 is 2.56 bits per heavy atom. The van der Waals surface area contributed by atoms with Gasteiger partial charge >= 0.3 is 0 Å². The fourth-order valence-electron chi connectivity index (χ4n) is 2.06. The van der Waals surface area contributed by atoms with E-state index in [0.29, 0.717) is 0 Å². The molecule has 0 unspecified atom stereocenters. The second-order valence-electron chi connectivity index (χ2n) is 4.31. The maximum atomic E-state index is 5.17. The smallest absolute Gasteiger partial charge is 0.137 e. The first-order chi connectivity index (χ1) is 8.78. The SMILES string of the molecule is COc1ccc(-c2cnc3ccc(C)cn23)cc1. The van der Waals surface area contributed by atoms with Gasteiger partial charge in [0.15, 0.2) is 0 Å². The minimum Gasteiger partial charge on any atom is -0.497 e. The number of rotatable bonds is 2. The number of aromatic nitrogens is 2. The molecular weight excluding hydrogens is 224 g/mol. The molecule has 0 saturated heterocycles. The van der Waals surface area contributed by atoms with Crippen molar-refractivity contribution in [2.24, 2.45) is 0 Å². The molecule has 0 saturated carbocycles. The predicted octanol–water partition coefficient (Wildman–Crippen LogP) is 3.32. The molecule has 3 heteroatoms. The summed E-state index contributed by atoms with van der Waals surface area (Å²) < 4.78 is 7.28. The molecule has 3 rings (SSSR count). The standard InChI is InChI=1S/C15H14N2O/c1-11-3-8-15-16-9-14(17(15)10-11)12-4-6-13(18-2)7-5-12/h3-10H,1-2H3. The highest BCUT2D eigenvalue weighted by atomic mass is 16.5. The van der Waals surface area contributed by atoms with E-state index >= 15 is 0 Å². The van der Waals surface area contributed by atoms with E-state index in [1.807, 2.05) is 36.5 Å². The number of hydrogen-bond acceptors (Lipinski definition) is 2. The van der Waals surface area contributed by atoms with Crippen molar-refractivity contribution in [3.8, 4) is 17.0 Å². The topological polar surface area (TPSA) is 26.5 Å². The molecule has 0 aliphatic carbocycles. The number of nitrogens with zero attached hydrogens (tertiary/aromatic N) is 2. The fraction of sp³-hybridized carbons (Fsp3) is 0.133. The van der Waals surface area contributed by atoms with Crippen LogP contribution in [0.5, 0.6) is 5.75 Å². The molecule has 0 aliphatic rings. The zero-order valence-electron chi connectivity index (χ0n) is 10.4. The largest absolute Gasteiger partial charge is 0.497 e. The Balaban J connectivity index is 2.15. The van der Waals surface area contributed by atoms with Crippen molar-refractivity contribution in [2.45, 2.75) is 6.92 Å². The second kappa shape index (κ2) is 4.18. The van der Waals surface area contributed by atoms with Gasteiger partial charge in [-0.25, -0.2) is 4.98 Å². The van der Waals surface area contributed by atoms with E-state index in [2.05, 4.69) is 28.6 Å². The molecule has 2 heterocycles. The molecule has 90 valence electrons. The Kier molecular flexibility index (Phi) is 2.52. The van der Waals surface area contributed by atoms with Gasteiger partial charge < -0.3 is 4.74 Å². The number of fused-ring (bicyclic) bond motifs is 1. The predicted molar refractivity (Wildman–Crippen MR) is 71.9 cm³/mol. The number of aryl methyl sites for hydroxylation is 1. The third-order valence-corrected chi connectivity index (χ3v) is 3.04. The van der Waals surface area contributed by atoms with E-state index in [1.165, 1.54) is 5.56 Å². The fourth-order valence-corrected chi connectivity index (χ4v) is 2.06. The quantitative estimate of drug-likeness (QED) is 0.684. The summed E-state index contributed by atoms with van der Waals surface area (Å²) in [7, 11) is 1.67. The first-order valence-corrected chi connectivity index (χ1v) is 5.86. The van der Waals surface area contributed by atoms with Crippen molar-refractivity contribution >= 4 is 5.65 Å². The average Bonchev–Trinajstić information content (AvgIpc) is 2.82. The van der Waals surface area contributed by atoms with E-state index < -0.39 is 0 Å². The number of pyridine rings is 1. The van der Waals surface area contributed by atoms with Crippen molar-refractivity contribution in [1.29, 1.82) is 0 Å². The van der Waals surface area contributed by atoms with Crippen LogP contribution in [0.1, 0.15) is 5.56 Å². The average molecular weight is 238 g/mol. The Hall–Kier alpha value is -2.29. The zero-order chi connectivity index (χ0) is 12.5. The summed E-state index contributed by atoms with van der Waals surface area (Å²) in [6, 6.07) is 12.1. The second-order valence-corrected chi connectivity index (χ2v) is 4.31. The van der Waals surface area contributed by atoms with Crippen molar-refractivity contribution in [3.63, 3.8) is 0 Å². The lowest BCUT2D eigenvalue weighted by atomic mass is 10.1. The first kappa shape index (κ1) is 10.8. The lowest BCUT2D eigenvalue weighted by Crippen LogP contribution is -1.89. The normalized spacial score (nSPS) is 10.8. The highest BCUT2D eigenvalue weighted by Crippen LogP contribution is 2.23. The van der Waals surface area contributed by atoms with Crippen LogP contribution in [-0.4, -0.2) is 16.5 Å². The molecule has 3 aromatic rings. The van der Waals surface area contributed by atoms with Gasteiger partial charge in [-0.2, -0.15) is 0 Å². The lowest BCUT2D eigenvalue weighted by Gasteiger charge is -2.04. The number of hydrogen-bond donors (Lipinski definition) is 0. The number of imidazole rings is 1. The summed E-state index contributed by atoms with van der Waals surface area (Å²) in [4.78, 5) is 4.41. The molecule has 18 heavy (non-hydrogen) atoms. The third-order valence-electron chi connectivity index (χ3n) is 3.04. The molecule has 0 N–H and O–H groups in total. The van der Waals surface area contributed by atoms with Gasteiger partial charge in [-0.1, -0.05) is 6.07 Å². The zero-order valence-corrected chi connectivity index (χ0v) is 10.4. The molecule has 0 atom stereocenters. The molecule has 0 spiro atoms. The minimum atomic E-state index is 0.865. The summed E-state index contributed by atoms with van der Waals surface area (Å²) in [5, 5.41) is 0. The first-order valence-electron chi connectivity index (χ1n) is 5.86. The molecule has 0 fully saturated rings. The van der Waals surface area contributed by atoms with Crippen molar-refractivity contribution in [3.05, 3.63) is 54.4 Å². The molecule has 0 aliphatic heterocycles. The van der Waals surface area contributed by atoms with Crippen LogP contribution in [0.15, 0.2) is 48.8 Å². The van der Waals surface area contributed by atoms with Crippen molar-refractivity contribution in [2.75, 3.05) is 7.11 Å². The van der Waals surface area contributed by atoms with E-state index in [-0.39, 0.29) is 0 Å². The van der Waals surface area contributed by atoms with Gasteiger partial charge in [-0.05, 0) is 42.8 Å². The van der Waals surface area contributed by atoms with Crippen molar-refractivity contribution in [1.82, 2.24) is 9.38 Å². The summed E-state index contributed by atoms with van der Waals surface area (Å²) in [6.07, 6.45) is 4.00. The molecule has 0 bridgehead atoms. The van der Waals surface area contributed by atoms with Crippen LogP contribution >= 0.6 is 0 Å². The maximum absolute atomic E-state index is 5.17. The van der Waals surface area contributed by atoms with Crippen LogP contribution in [-0.2, 0) is 0 Å². The van der Waals surface area contributed by atoms with Gasteiger partial charge in [-0.15, -0.1) is 0 Å².